The molecule has 0 saturated heterocycles. The number of aromatic nitrogens is 3. The summed E-state index contributed by atoms with van der Waals surface area (Å²) in [6, 6.07) is 7.85. The van der Waals surface area contributed by atoms with Crippen molar-refractivity contribution in [3.05, 3.63) is 32.6 Å². The molecule has 0 amide bonds. The van der Waals surface area contributed by atoms with Crippen molar-refractivity contribution in [2.45, 2.75) is 0 Å². The molecule has 2 aromatic rings. The number of nitrogens with one attached hydrogen (secondary N) is 1. The van der Waals surface area contributed by atoms with E-state index < -0.39 is 0 Å². The Morgan fingerprint density at radius 3 is 2.71 bits per heavy atom. The molecule has 1 aromatic carbocycles. The maximum absolute atomic E-state index is 5.72. The van der Waals surface area contributed by atoms with Crippen molar-refractivity contribution >= 4 is 34.8 Å². The lowest BCUT2D eigenvalue weighted by Crippen LogP contribution is -2.10. The predicted octanol–water partition coefficient (Wildman–Crippen LogP) is 1.93. The van der Waals surface area contributed by atoms with Gasteiger partial charge in [0.1, 0.15) is 0 Å². The van der Waals surface area contributed by atoms with E-state index in [1.54, 1.807) is 0 Å². The van der Waals surface area contributed by atoms with Crippen LogP contribution < -0.4 is 5.84 Å². The Labute approximate surface area is 99.2 Å². The van der Waals surface area contributed by atoms with Gasteiger partial charge in [0, 0.05) is 9.13 Å². The van der Waals surface area contributed by atoms with Gasteiger partial charge in [0.2, 0.25) is 4.77 Å². The predicted molar refractivity (Wildman–Crippen MR) is 65.7 cm³/mol. The third-order valence-electron chi connectivity index (χ3n) is 1.82. The van der Waals surface area contributed by atoms with Gasteiger partial charge in [-0.3, -0.25) is 0 Å². The van der Waals surface area contributed by atoms with Crippen LogP contribution in [0.15, 0.2) is 24.3 Å². The molecule has 1 heterocycles. The number of H-pyrrole nitrogens is 1. The molecule has 0 unspecified atom stereocenters. The Bertz CT molecular complexity index is 516. The summed E-state index contributed by atoms with van der Waals surface area (Å²) in [7, 11) is 0. The standard InChI is InChI=1S/C8H7IN4S/c9-6-4-2-1-3-5(6)7-11-12-8(14)13(7)10/h1-4H,10H2,(H,12,14). The van der Waals surface area contributed by atoms with Crippen molar-refractivity contribution in [1.29, 1.82) is 0 Å². The zero-order valence-corrected chi connectivity index (χ0v) is 10.0. The quantitative estimate of drug-likeness (QED) is 0.480. The van der Waals surface area contributed by atoms with Gasteiger partial charge in [0.15, 0.2) is 5.82 Å². The van der Waals surface area contributed by atoms with E-state index in [-0.39, 0.29) is 0 Å². The van der Waals surface area contributed by atoms with Crippen LogP contribution in [0.4, 0.5) is 0 Å². The lowest BCUT2D eigenvalue weighted by molar-refractivity contribution is 0.983. The Morgan fingerprint density at radius 1 is 1.43 bits per heavy atom. The summed E-state index contributed by atoms with van der Waals surface area (Å²) < 4.78 is 2.87. The van der Waals surface area contributed by atoms with E-state index in [1.807, 2.05) is 24.3 Å². The van der Waals surface area contributed by atoms with E-state index in [4.69, 9.17) is 18.1 Å². The average Bonchev–Trinajstić information content (AvgIpc) is 2.49. The van der Waals surface area contributed by atoms with E-state index in [9.17, 15) is 0 Å². The first-order valence-electron chi connectivity index (χ1n) is 3.87. The summed E-state index contributed by atoms with van der Waals surface area (Å²) in [4.78, 5) is 0. The van der Waals surface area contributed by atoms with Gasteiger partial charge in [-0.25, -0.2) is 9.77 Å². The highest BCUT2D eigenvalue weighted by Gasteiger charge is 2.08. The lowest BCUT2D eigenvalue weighted by atomic mass is 10.2. The molecule has 0 saturated carbocycles. The van der Waals surface area contributed by atoms with Crippen molar-refractivity contribution < 1.29 is 0 Å². The summed E-state index contributed by atoms with van der Waals surface area (Å²) in [5.74, 6) is 6.37. The smallest absolute Gasteiger partial charge is 0.214 e. The molecule has 1 aromatic heterocycles. The van der Waals surface area contributed by atoms with Crippen LogP contribution in [0.25, 0.3) is 11.4 Å². The van der Waals surface area contributed by atoms with Gasteiger partial charge in [0.25, 0.3) is 0 Å². The van der Waals surface area contributed by atoms with Crippen molar-refractivity contribution in [1.82, 2.24) is 14.9 Å². The third-order valence-corrected chi connectivity index (χ3v) is 3.05. The number of hydrogen-bond acceptors (Lipinski definition) is 3. The van der Waals surface area contributed by atoms with Crippen LogP contribution in [-0.2, 0) is 0 Å². The molecule has 0 atom stereocenters. The molecule has 0 fully saturated rings. The highest BCUT2D eigenvalue weighted by atomic mass is 127. The molecular formula is C8H7IN4S. The molecule has 0 spiro atoms. The van der Waals surface area contributed by atoms with E-state index in [2.05, 4.69) is 32.8 Å². The summed E-state index contributed by atoms with van der Waals surface area (Å²) in [6.45, 7) is 0. The maximum Gasteiger partial charge on any atom is 0.214 e. The monoisotopic (exact) mass is 318 g/mol. The number of rotatable bonds is 1. The second kappa shape index (κ2) is 3.70. The number of nitrogens with zero attached hydrogens (tertiary/aromatic N) is 2. The summed E-state index contributed by atoms with van der Waals surface area (Å²) in [5.41, 5.74) is 0.975. The van der Waals surface area contributed by atoms with Crippen molar-refractivity contribution in [3.8, 4) is 11.4 Å². The molecular weight excluding hydrogens is 311 g/mol. The molecule has 0 bridgehead atoms. The van der Waals surface area contributed by atoms with Crippen LogP contribution in [0, 0.1) is 8.34 Å². The zero-order chi connectivity index (χ0) is 10.1. The average molecular weight is 318 g/mol. The molecule has 14 heavy (non-hydrogen) atoms. The van der Waals surface area contributed by atoms with Crippen LogP contribution in [0.5, 0.6) is 0 Å². The van der Waals surface area contributed by atoms with Crippen molar-refractivity contribution in [2.24, 2.45) is 0 Å². The molecule has 0 aliphatic heterocycles. The number of halogens is 1. The molecule has 72 valence electrons. The third kappa shape index (κ3) is 1.55. The zero-order valence-electron chi connectivity index (χ0n) is 7.07. The molecule has 6 heteroatoms. The van der Waals surface area contributed by atoms with Crippen molar-refractivity contribution in [2.75, 3.05) is 5.84 Å². The van der Waals surface area contributed by atoms with E-state index >= 15 is 0 Å². The first kappa shape index (κ1) is 9.66. The Hall–Kier alpha value is -0.890. The maximum atomic E-state index is 5.72. The fraction of sp³-hybridized carbons (Fsp3) is 0. The second-order valence-corrected chi connectivity index (χ2v) is 4.25. The topological polar surface area (TPSA) is 59.6 Å². The van der Waals surface area contributed by atoms with Crippen LogP contribution in [0.3, 0.4) is 0 Å². The normalized spacial score (nSPS) is 10.4. The Balaban J connectivity index is 2.66. The van der Waals surface area contributed by atoms with Gasteiger partial charge in [-0.1, -0.05) is 18.2 Å². The first-order chi connectivity index (χ1) is 6.70. The minimum Gasteiger partial charge on any atom is -0.335 e. The largest absolute Gasteiger partial charge is 0.335 e. The number of benzene rings is 1. The minimum absolute atomic E-state index is 0.416. The summed E-state index contributed by atoms with van der Waals surface area (Å²) in [5, 5.41) is 6.71. The van der Waals surface area contributed by atoms with Crippen LogP contribution in [0.2, 0.25) is 0 Å². The van der Waals surface area contributed by atoms with Gasteiger partial charge >= 0.3 is 0 Å². The summed E-state index contributed by atoms with van der Waals surface area (Å²) >= 11 is 7.17. The molecule has 0 aliphatic carbocycles. The fourth-order valence-electron chi connectivity index (χ4n) is 1.14. The number of nitrogens with two attached hydrogens (primary N) is 1. The molecule has 0 aliphatic rings. The van der Waals surface area contributed by atoms with Crippen molar-refractivity contribution in [3.63, 3.8) is 0 Å². The number of aromatic amines is 1. The minimum atomic E-state index is 0.416. The molecule has 4 nitrogen and oxygen atoms in total. The summed E-state index contributed by atoms with van der Waals surface area (Å²) in [6.07, 6.45) is 0. The van der Waals surface area contributed by atoms with Crippen LogP contribution in [0.1, 0.15) is 0 Å². The highest BCUT2D eigenvalue weighted by Crippen LogP contribution is 2.21. The van der Waals surface area contributed by atoms with Crippen LogP contribution in [-0.4, -0.2) is 14.9 Å². The SMILES string of the molecule is Nn1c(-c2ccccc2I)n[nH]c1=S. The van der Waals surface area contributed by atoms with E-state index in [0.29, 0.717) is 10.6 Å². The van der Waals surface area contributed by atoms with Gasteiger partial charge in [-0.15, -0.1) is 0 Å². The van der Waals surface area contributed by atoms with E-state index in [1.165, 1.54) is 4.68 Å². The fourth-order valence-corrected chi connectivity index (χ4v) is 1.90. The molecule has 0 radical (unpaired) electrons. The Morgan fingerprint density at radius 2 is 2.14 bits per heavy atom. The lowest BCUT2D eigenvalue weighted by Gasteiger charge is -2.01. The van der Waals surface area contributed by atoms with Gasteiger partial charge in [-0.05, 0) is 40.9 Å². The van der Waals surface area contributed by atoms with Gasteiger partial charge < -0.3 is 5.84 Å². The first-order valence-corrected chi connectivity index (χ1v) is 5.36. The second-order valence-electron chi connectivity index (χ2n) is 2.70. The van der Waals surface area contributed by atoms with E-state index in [0.717, 1.165) is 9.13 Å². The Kier molecular flexibility index (Phi) is 2.55. The highest BCUT2D eigenvalue weighted by molar-refractivity contribution is 14.1. The molecule has 2 rings (SSSR count). The molecule has 3 N–H and O–H groups in total. The number of hydrogen-bond donors (Lipinski definition) is 2. The number of nitrogen functional groups attached to an aromatic ring is 1. The van der Waals surface area contributed by atoms with Gasteiger partial charge in [-0.2, -0.15) is 5.10 Å². The van der Waals surface area contributed by atoms with Gasteiger partial charge in [0.05, 0.1) is 0 Å². The van der Waals surface area contributed by atoms with Crippen LogP contribution >= 0.6 is 34.8 Å².